The normalized spacial score (nSPS) is 14.1. The molecule has 0 amide bonds. The van der Waals surface area contributed by atoms with Crippen LogP contribution in [0.25, 0.3) is 0 Å². The largest absolute Gasteiger partial charge is 0.436 e. The third kappa shape index (κ3) is 4.29. The SMILES string of the molecule is N#CC(c1c(F)c(F)c(C(F)(F)F)c(F)c1F)c1c(F)c(F)c(C(F)(C(F)(F)F)C(F)(F)F)c(F)c1F. The van der Waals surface area contributed by atoms with Crippen LogP contribution < -0.4 is 0 Å². The Hall–Kier alpha value is -3.33. The van der Waals surface area contributed by atoms with Gasteiger partial charge < -0.3 is 0 Å². The second-order valence-electron chi connectivity index (χ2n) is 6.80. The maximum Gasteiger partial charge on any atom is 0.436 e. The van der Waals surface area contributed by atoms with Crippen LogP contribution in [0.15, 0.2) is 0 Å². The highest BCUT2D eigenvalue weighted by Crippen LogP contribution is 2.55. The summed E-state index contributed by atoms with van der Waals surface area (Å²) < 4.78 is 242. The third-order valence-corrected chi connectivity index (χ3v) is 4.71. The first kappa shape index (κ1) is 29.9. The zero-order valence-corrected chi connectivity index (χ0v) is 16.3. The van der Waals surface area contributed by atoms with Gasteiger partial charge in [-0.05, 0) is 0 Å². The molecule has 0 aliphatic rings. The van der Waals surface area contributed by atoms with E-state index in [0.29, 0.717) is 6.07 Å². The van der Waals surface area contributed by atoms with Gasteiger partial charge in [0.1, 0.15) is 11.5 Å². The second kappa shape index (κ2) is 8.90. The van der Waals surface area contributed by atoms with Gasteiger partial charge in [-0.3, -0.25) is 0 Å². The van der Waals surface area contributed by atoms with E-state index in [1.54, 1.807) is 0 Å². The predicted octanol–water partition coefficient (Wildman–Crippen LogP) is 7.76. The number of hydrogen-bond acceptors (Lipinski definition) is 1. The maximum absolute atomic E-state index is 14.4. The van der Waals surface area contributed by atoms with E-state index >= 15 is 0 Å². The average molecular weight is 573 g/mol. The monoisotopic (exact) mass is 573 g/mol. The van der Waals surface area contributed by atoms with Crippen molar-refractivity contribution in [3.63, 3.8) is 0 Å². The Balaban J connectivity index is 3.06. The molecule has 2 rings (SSSR count). The molecular weight excluding hydrogens is 572 g/mol. The van der Waals surface area contributed by atoms with E-state index in [1.165, 1.54) is 0 Å². The van der Waals surface area contributed by atoms with Gasteiger partial charge in [-0.2, -0.15) is 44.8 Å². The first-order valence-electron chi connectivity index (χ1n) is 8.49. The Kier molecular flexibility index (Phi) is 7.19. The Morgan fingerprint density at radius 2 is 0.730 bits per heavy atom. The summed E-state index contributed by atoms with van der Waals surface area (Å²) >= 11 is 0. The van der Waals surface area contributed by atoms with E-state index in [1.807, 2.05) is 0 Å². The molecule has 1 unspecified atom stereocenters. The van der Waals surface area contributed by atoms with Crippen molar-refractivity contribution in [3.8, 4) is 6.07 Å². The molecule has 1 nitrogen and oxygen atoms in total. The molecule has 2 aromatic rings. The zero-order chi connectivity index (χ0) is 29.2. The Morgan fingerprint density at radius 3 is 0.946 bits per heavy atom. The smallest absolute Gasteiger partial charge is 0.218 e. The van der Waals surface area contributed by atoms with Gasteiger partial charge in [-0.1, -0.05) is 0 Å². The Labute approximate surface area is 190 Å². The van der Waals surface area contributed by atoms with Gasteiger partial charge in [0.15, 0.2) is 46.5 Å². The van der Waals surface area contributed by atoms with E-state index < -0.39 is 98.9 Å². The minimum Gasteiger partial charge on any atom is -0.218 e. The van der Waals surface area contributed by atoms with Gasteiger partial charge in [-0.15, -0.1) is 0 Å². The summed E-state index contributed by atoms with van der Waals surface area (Å²) in [5, 5.41) is 8.95. The first-order chi connectivity index (χ1) is 16.5. The van der Waals surface area contributed by atoms with Crippen molar-refractivity contribution >= 4 is 0 Å². The molecule has 1 atom stereocenters. The fourth-order valence-corrected chi connectivity index (χ4v) is 3.07. The molecule has 19 heteroatoms. The van der Waals surface area contributed by atoms with E-state index in [0.717, 1.165) is 0 Å². The standard InChI is InChI=1S/C18HF18N/c19-7-3(2(1-37)4-9(21)13(25)6(16(28,29)30)14(26)10(4)22)8(20)12(24)5(11(7)23)15(27,17(31,32)33)18(34,35)36/h2H. The quantitative estimate of drug-likeness (QED) is 0.272. The number of halogens is 18. The minimum absolute atomic E-state index is 0.338. The third-order valence-electron chi connectivity index (χ3n) is 4.71. The van der Waals surface area contributed by atoms with E-state index in [9.17, 15) is 79.0 Å². The molecule has 0 spiro atoms. The zero-order valence-electron chi connectivity index (χ0n) is 16.3. The predicted molar refractivity (Wildman–Crippen MR) is 79.9 cm³/mol. The van der Waals surface area contributed by atoms with Gasteiger partial charge in [0.25, 0.3) is 0 Å². The lowest BCUT2D eigenvalue weighted by molar-refractivity contribution is -0.350. The molecule has 2 aromatic carbocycles. The van der Waals surface area contributed by atoms with Crippen LogP contribution in [0.4, 0.5) is 79.0 Å². The number of alkyl halides is 10. The summed E-state index contributed by atoms with van der Waals surface area (Å²) in [4.78, 5) is 0. The van der Waals surface area contributed by atoms with Crippen LogP contribution in [0.3, 0.4) is 0 Å². The van der Waals surface area contributed by atoms with Crippen molar-refractivity contribution in [2.24, 2.45) is 0 Å². The molecule has 0 saturated heterocycles. The first-order valence-corrected chi connectivity index (χ1v) is 8.49. The lowest BCUT2D eigenvalue weighted by Crippen LogP contribution is -2.52. The highest BCUT2D eigenvalue weighted by atomic mass is 19.4. The van der Waals surface area contributed by atoms with Crippen LogP contribution in [-0.2, 0) is 11.8 Å². The average Bonchev–Trinajstić information content (AvgIpc) is 2.73. The summed E-state index contributed by atoms with van der Waals surface area (Å²) in [5.74, 6) is -31.8. The molecular formula is C18HF18N. The summed E-state index contributed by atoms with van der Waals surface area (Å²) in [6.07, 6.45) is -20.9. The number of nitriles is 1. The number of hydrogen-bond donors (Lipinski definition) is 0. The van der Waals surface area contributed by atoms with Gasteiger partial charge in [-0.25, -0.2) is 39.5 Å². The molecule has 37 heavy (non-hydrogen) atoms. The Bertz CT molecular complexity index is 1220. The lowest BCUT2D eigenvalue weighted by atomic mass is 9.85. The van der Waals surface area contributed by atoms with E-state index in [2.05, 4.69) is 0 Å². The highest BCUT2D eigenvalue weighted by Gasteiger charge is 2.76. The van der Waals surface area contributed by atoms with Crippen molar-refractivity contribution in [2.45, 2.75) is 30.1 Å². The van der Waals surface area contributed by atoms with Gasteiger partial charge in [0, 0.05) is 0 Å². The summed E-state index contributed by atoms with van der Waals surface area (Å²) in [6, 6.07) is 0.338. The molecule has 0 aliphatic carbocycles. The van der Waals surface area contributed by atoms with Crippen LogP contribution in [0.1, 0.15) is 28.2 Å². The molecule has 0 fully saturated rings. The molecule has 0 bridgehead atoms. The number of benzene rings is 2. The molecule has 0 N–H and O–H groups in total. The number of nitrogens with zero attached hydrogens (tertiary/aromatic N) is 1. The molecule has 204 valence electrons. The topological polar surface area (TPSA) is 23.8 Å². The molecule has 0 heterocycles. The minimum atomic E-state index is -7.36. The van der Waals surface area contributed by atoms with Crippen LogP contribution in [-0.4, -0.2) is 12.4 Å². The summed E-state index contributed by atoms with van der Waals surface area (Å²) in [6.45, 7) is 0. The van der Waals surface area contributed by atoms with Crippen LogP contribution >= 0.6 is 0 Å². The van der Waals surface area contributed by atoms with Crippen molar-refractivity contribution in [2.75, 3.05) is 0 Å². The van der Waals surface area contributed by atoms with Crippen LogP contribution in [0.5, 0.6) is 0 Å². The van der Waals surface area contributed by atoms with Crippen LogP contribution in [0, 0.1) is 57.9 Å². The maximum atomic E-state index is 14.4. The molecule has 0 aromatic heterocycles. The van der Waals surface area contributed by atoms with Crippen molar-refractivity contribution < 1.29 is 79.0 Å². The van der Waals surface area contributed by atoms with E-state index in [4.69, 9.17) is 5.26 Å². The summed E-state index contributed by atoms with van der Waals surface area (Å²) in [7, 11) is 0. The van der Waals surface area contributed by atoms with Crippen LogP contribution in [0.2, 0.25) is 0 Å². The molecule has 0 saturated carbocycles. The second-order valence-corrected chi connectivity index (χ2v) is 6.80. The fraction of sp³-hybridized carbons (Fsp3) is 0.278. The molecule has 0 radical (unpaired) electrons. The fourth-order valence-electron chi connectivity index (χ4n) is 3.07. The van der Waals surface area contributed by atoms with Crippen molar-refractivity contribution in [1.29, 1.82) is 5.26 Å². The Morgan fingerprint density at radius 1 is 0.459 bits per heavy atom. The van der Waals surface area contributed by atoms with E-state index in [-0.39, 0.29) is 0 Å². The lowest BCUT2D eigenvalue weighted by Gasteiger charge is -2.31. The number of rotatable bonds is 3. The highest BCUT2D eigenvalue weighted by molar-refractivity contribution is 5.47. The van der Waals surface area contributed by atoms with Gasteiger partial charge >= 0.3 is 24.2 Å². The molecule has 0 aliphatic heterocycles. The van der Waals surface area contributed by atoms with Gasteiger partial charge in [0.05, 0.1) is 22.8 Å². The van der Waals surface area contributed by atoms with Crippen molar-refractivity contribution in [3.05, 3.63) is 68.8 Å². The summed E-state index contributed by atoms with van der Waals surface area (Å²) in [5.41, 5.74) is -20.1. The van der Waals surface area contributed by atoms with Gasteiger partial charge in [0.2, 0.25) is 0 Å². The van der Waals surface area contributed by atoms with Crippen molar-refractivity contribution in [1.82, 2.24) is 0 Å².